The zero-order valence-corrected chi connectivity index (χ0v) is 15.4. The van der Waals surface area contributed by atoms with E-state index in [0.717, 1.165) is 21.7 Å². The number of hydrogen-bond donors (Lipinski definition) is 1. The summed E-state index contributed by atoms with van der Waals surface area (Å²) in [5.74, 6) is -0.907. The molecule has 0 fully saturated rings. The van der Waals surface area contributed by atoms with Gasteiger partial charge in [-0.2, -0.15) is 0 Å². The summed E-state index contributed by atoms with van der Waals surface area (Å²) in [6.45, 7) is 0.693. The molecule has 0 bridgehead atoms. The molecule has 0 amide bonds. The fourth-order valence-electron chi connectivity index (χ4n) is 2.45. The molecule has 26 heavy (non-hydrogen) atoms. The number of carboxylic acid groups (broad SMARTS) is 1. The predicted octanol–water partition coefficient (Wildman–Crippen LogP) is 1.55. The number of aromatic nitrogens is 1. The smallest absolute Gasteiger partial charge is 0.335 e. The molecule has 0 spiro atoms. The van der Waals surface area contributed by atoms with Gasteiger partial charge in [0.25, 0.3) is 0 Å². The van der Waals surface area contributed by atoms with Crippen LogP contribution in [-0.4, -0.2) is 11.1 Å². The van der Waals surface area contributed by atoms with Crippen molar-refractivity contribution >= 4 is 29.7 Å². The number of benzene rings is 2. The van der Waals surface area contributed by atoms with Crippen LogP contribution in [0.4, 0.5) is 0 Å². The minimum atomic E-state index is -0.907. The molecule has 132 valence electrons. The Kier molecular flexibility index (Phi) is 6.96. The van der Waals surface area contributed by atoms with Crippen molar-refractivity contribution in [3.8, 4) is 0 Å². The first-order valence-electron chi connectivity index (χ1n) is 7.85. The summed E-state index contributed by atoms with van der Waals surface area (Å²) in [6.07, 6.45) is 8.07. The summed E-state index contributed by atoms with van der Waals surface area (Å²) in [5.41, 5.74) is 3.51. The van der Waals surface area contributed by atoms with Crippen LogP contribution in [-0.2, 0) is 6.54 Å². The number of hydrogen-bond acceptors (Lipinski definition) is 1. The van der Waals surface area contributed by atoms with Crippen LogP contribution in [0.2, 0.25) is 5.02 Å². The van der Waals surface area contributed by atoms with Gasteiger partial charge in [-0.15, -0.1) is 0 Å². The molecule has 1 heterocycles. The van der Waals surface area contributed by atoms with Gasteiger partial charge in [0.1, 0.15) is 0 Å². The zero-order valence-electron chi connectivity index (χ0n) is 13.8. The standard InChI is InChI=1S/C21H16ClNO2.ClH/c22-20-3-1-2-17(14-20)5-4-16-10-12-23(13-11-16)15-18-6-8-19(9-7-18)21(24)25;/h1-14H,15H2;1H/b5-4-;. The molecule has 1 N–H and O–H groups in total. The number of halogens is 2. The predicted molar refractivity (Wildman–Crippen MR) is 99.5 cm³/mol. The van der Waals surface area contributed by atoms with Crippen LogP contribution in [0.1, 0.15) is 27.0 Å². The van der Waals surface area contributed by atoms with Gasteiger partial charge >= 0.3 is 5.97 Å². The van der Waals surface area contributed by atoms with E-state index in [-0.39, 0.29) is 12.4 Å². The Balaban J connectivity index is 0.00000243. The molecule has 3 nitrogen and oxygen atoms in total. The van der Waals surface area contributed by atoms with E-state index in [0.29, 0.717) is 12.1 Å². The van der Waals surface area contributed by atoms with Gasteiger partial charge in [0, 0.05) is 22.7 Å². The summed E-state index contributed by atoms with van der Waals surface area (Å²) in [5, 5.41) is 9.65. The molecular formula is C21H17Cl2NO2. The number of carbonyl (C=O) groups is 1. The van der Waals surface area contributed by atoms with Crippen molar-refractivity contribution in [2.75, 3.05) is 0 Å². The van der Waals surface area contributed by atoms with Crippen molar-refractivity contribution in [2.24, 2.45) is 0 Å². The molecule has 0 aliphatic heterocycles. The fourth-order valence-corrected chi connectivity index (χ4v) is 2.65. The van der Waals surface area contributed by atoms with Crippen molar-refractivity contribution in [1.29, 1.82) is 0 Å². The number of pyridine rings is 1. The third-order valence-electron chi connectivity index (χ3n) is 3.80. The number of rotatable bonds is 5. The molecule has 1 aromatic heterocycles. The van der Waals surface area contributed by atoms with Crippen LogP contribution in [0.15, 0.2) is 73.1 Å². The van der Waals surface area contributed by atoms with Crippen LogP contribution in [0.5, 0.6) is 0 Å². The van der Waals surface area contributed by atoms with Crippen LogP contribution < -0.4 is 17.0 Å². The van der Waals surface area contributed by atoms with E-state index in [1.54, 1.807) is 12.1 Å². The summed E-state index contributed by atoms with van der Waals surface area (Å²) in [7, 11) is 0. The van der Waals surface area contributed by atoms with Crippen molar-refractivity contribution in [3.05, 3.63) is 100 Å². The second kappa shape index (κ2) is 9.18. The maximum absolute atomic E-state index is 10.9. The average molecular weight is 386 g/mol. The molecule has 0 unspecified atom stereocenters. The highest BCUT2D eigenvalue weighted by atomic mass is 35.5. The van der Waals surface area contributed by atoms with Gasteiger partial charge < -0.3 is 17.5 Å². The van der Waals surface area contributed by atoms with Crippen molar-refractivity contribution < 1.29 is 26.9 Å². The van der Waals surface area contributed by atoms with Crippen LogP contribution in [0, 0.1) is 0 Å². The number of aromatic carboxylic acids is 1. The van der Waals surface area contributed by atoms with Gasteiger partial charge in [-0.1, -0.05) is 48.0 Å². The monoisotopic (exact) mass is 385 g/mol. The molecule has 0 saturated heterocycles. The second-order valence-electron chi connectivity index (χ2n) is 5.69. The van der Waals surface area contributed by atoms with E-state index in [4.69, 9.17) is 16.7 Å². The maximum Gasteiger partial charge on any atom is 0.335 e. The highest BCUT2D eigenvalue weighted by Crippen LogP contribution is 2.13. The van der Waals surface area contributed by atoms with Crippen molar-refractivity contribution in [2.45, 2.75) is 6.54 Å². The van der Waals surface area contributed by atoms with Gasteiger partial charge in [-0.3, -0.25) is 0 Å². The van der Waals surface area contributed by atoms with Crippen LogP contribution >= 0.6 is 11.6 Å². The van der Waals surface area contributed by atoms with Gasteiger partial charge in [-0.05, 0) is 35.4 Å². The molecule has 0 radical (unpaired) electrons. The van der Waals surface area contributed by atoms with E-state index in [2.05, 4.69) is 0 Å². The summed E-state index contributed by atoms with van der Waals surface area (Å²) in [6, 6.07) is 18.7. The highest BCUT2D eigenvalue weighted by Gasteiger charge is 2.05. The molecule has 5 heteroatoms. The zero-order chi connectivity index (χ0) is 17.6. The maximum atomic E-state index is 10.9. The molecule has 0 atom stereocenters. The van der Waals surface area contributed by atoms with Crippen LogP contribution in [0.3, 0.4) is 0 Å². The van der Waals surface area contributed by atoms with Gasteiger partial charge in [0.05, 0.1) is 5.56 Å². The normalized spacial score (nSPS) is 10.5. The first-order chi connectivity index (χ1) is 12.1. The molecule has 3 aromatic rings. The first kappa shape index (κ1) is 19.7. The van der Waals surface area contributed by atoms with Gasteiger partial charge in [0.15, 0.2) is 18.9 Å². The lowest BCUT2D eigenvalue weighted by Gasteiger charge is -2.00. The topological polar surface area (TPSA) is 41.2 Å². The van der Waals surface area contributed by atoms with E-state index >= 15 is 0 Å². The minimum absolute atomic E-state index is 0. The number of nitrogens with zero attached hydrogens (tertiary/aromatic N) is 1. The quantitative estimate of drug-likeness (QED) is 0.677. The molecular weight excluding hydrogens is 369 g/mol. The molecule has 0 saturated carbocycles. The summed E-state index contributed by atoms with van der Waals surface area (Å²) < 4.78 is 2.05. The van der Waals surface area contributed by atoms with E-state index < -0.39 is 5.97 Å². The largest absolute Gasteiger partial charge is 1.00 e. The summed E-state index contributed by atoms with van der Waals surface area (Å²) in [4.78, 5) is 10.9. The Labute approximate surface area is 163 Å². The summed E-state index contributed by atoms with van der Waals surface area (Å²) >= 11 is 5.98. The minimum Gasteiger partial charge on any atom is -1.00 e. The SMILES string of the molecule is O=C(O)c1ccc(C[n+]2ccc(/C=C\c3cccc(Cl)c3)cc2)cc1.[Cl-]. The third-order valence-corrected chi connectivity index (χ3v) is 4.03. The highest BCUT2D eigenvalue weighted by molar-refractivity contribution is 6.30. The number of carboxylic acids is 1. The third kappa shape index (κ3) is 5.45. The molecule has 0 aliphatic carbocycles. The van der Waals surface area contributed by atoms with E-state index in [1.807, 2.05) is 77.6 Å². The van der Waals surface area contributed by atoms with E-state index in [1.165, 1.54) is 0 Å². The van der Waals surface area contributed by atoms with Crippen LogP contribution in [0.25, 0.3) is 12.2 Å². The second-order valence-corrected chi connectivity index (χ2v) is 6.13. The fraction of sp³-hybridized carbons (Fsp3) is 0.0476. The molecule has 2 aromatic carbocycles. The Hall–Kier alpha value is -2.62. The lowest BCUT2D eigenvalue weighted by Crippen LogP contribution is -3.00. The average Bonchev–Trinajstić information content (AvgIpc) is 2.62. The lowest BCUT2D eigenvalue weighted by molar-refractivity contribution is -0.688. The Morgan fingerprint density at radius 1 is 0.962 bits per heavy atom. The van der Waals surface area contributed by atoms with Crippen molar-refractivity contribution in [1.82, 2.24) is 0 Å². The Bertz CT molecular complexity index is 904. The Morgan fingerprint density at radius 3 is 2.23 bits per heavy atom. The molecule has 0 aliphatic rings. The lowest BCUT2D eigenvalue weighted by atomic mass is 10.1. The van der Waals surface area contributed by atoms with Crippen molar-refractivity contribution in [3.63, 3.8) is 0 Å². The molecule has 3 rings (SSSR count). The van der Waals surface area contributed by atoms with E-state index in [9.17, 15) is 4.79 Å². The first-order valence-corrected chi connectivity index (χ1v) is 8.23. The Morgan fingerprint density at radius 2 is 1.62 bits per heavy atom. The van der Waals surface area contributed by atoms with Gasteiger partial charge in [-0.25, -0.2) is 9.36 Å². The van der Waals surface area contributed by atoms with Gasteiger partial charge in [0.2, 0.25) is 0 Å².